The van der Waals surface area contributed by atoms with Crippen molar-refractivity contribution in [1.82, 2.24) is 4.90 Å². The summed E-state index contributed by atoms with van der Waals surface area (Å²) in [5, 5.41) is 8.25. The minimum atomic E-state index is -3.84. The highest BCUT2D eigenvalue weighted by molar-refractivity contribution is 7.89. The van der Waals surface area contributed by atoms with E-state index in [4.69, 9.17) is 5.14 Å². The summed E-state index contributed by atoms with van der Waals surface area (Å²) in [6.07, 6.45) is 6.41. The molecule has 162 valence electrons. The molecule has 1 aliphatic carbocycles. The molecule has 1 aromatic carbocycles. The van der Waals surface area contributed by atoms with Gasteiger partial charge in [-0.05, 0) is 63.3 Å². The highest BCUT2D eigenvalue weighted by Crippen LogP contribution is 2.36. The molecule has 1 saturated carbocycles. The molecule has 2 aliphatic rings. The number of likely N-dealkylation sites (tertiary alicyclic amines) is 1. The highest BCUT2D eigenvalue weighted by atomic mass is 32.2. The van der Waals surface area contributed by atoms with Crippen LogP contribution in [-0.2, 0) is 14.8 Å². The first-order chi connectivity index (χ1) is 13.8. The predicted octanol–water partition coefficient (Wildman–Crippen LogP) is 2.63. The minimum Gasteiger partial charge on any atom is -0.370 e. The van der Waals surface area contributed by atoms with Crippen LogP contribution in [0, 0.1) is 11.8 Å². The number of carbonyl (C=O) groups excluding carboxylic acids is 1. The van der Waals surface area contributed by atoms with E-state index in [1.54, 1.807) is 6.07 Å². The summed E-state index contributed by atoms with van der Waals surface area (Å²) in [5.41, 5.74) is 1.31. The summed E-state index contributed by atoms with van der Waals surface area (Å²) in [5.74, 6) is 1.42. The van der Waals surface area contributed by atoms with Crippen molar-refractivity contribution in [2.24, 2.45) is 17.0 Å². The summed E-state index contributed by atoms with van der Waals surface area (Å²) >= 11 is 0. The van der Waals surface area contributed by atoms with E-state index in [-0.39, 0.29) is 10.8 Å². The summed E-state index contributed by atoms with van der Waals surface area (Å²) in [7, 11) is -3.84. The van der Waals surface area contributed by atoms with Gasteiger partial charge in [0.2, 0.25) is 15.9 Å². The van der Waals surface area contributed by atoms with Gasteiger partial charge in [0.25, 0.3) is 0 Å². The molecule has 1 saturated heterocycles. The summed E-state index contributed by atoms with van der Waals surface area (Å²) in [6, 6.07) is 4.68. The number of fused-ring (bicyclic) bond motifs is 1. The Balaban J connectivity index is 1.72. The first-order valence-electron chi connectivity index (χ1n) is 10.8. The van der Waals surface area contributed by atoms with Crippen molar-refractivity contribution in [1.29, 1.82) is 0 Å². The van der Waals surface area contributed by atoms with Gasteiger partial charge in [-0.15, -0.1) is 0 Å². The van der Waals surface area contributed by atoms with Crippen molar-refractivity contribution < 1.29 is 13.2 Å². The van der Waals surface area contributed by atoms with Gasteiger partial charge in [-0.3, -0.25) is 9.69 Å². The van der Waals surface area contributed by atoms with Crippen molar-refractivity contribution in [3.05, 3.63) is 18.2 Å². The lowest BCUT2D eigenvalue weighted by atomic mass is 9.75. The lowest BCUT2D eigenvalue weighted by Gasteiger charge is -2.41. The molecule has 1 heterocycles. The second-order valence-corrected chi connectivity index (χ2v) is 9.83. The second-order valence-electron chi connectivity index (χ2n) is 8.27. The third kappa shape index (κ3) is 5.49. The number of nitrogens with two attached hydrogens (primary N) is 1. The van der Waals surface area contributed by atoms with Gasteiger partial charge in [-0.1, -0.05) is 19.3 Å². The van der Waals surface area contributed by atoms with E-state index in [0.717, 1.165) is 37.8 Å². The minimum absolute atomic E-state index is 0.00623. The number of benzene rings is 1. The van der Waals surface area contributed by atoms with E-state index in [0.29, 0.717) is 18.2 Å². The van der Waals surface area contributed by atoms with Gasteiger partial charge in [0.1, 0.15) is 0 Å². The van der Waals surface area contributed by atoms with Gasteiger partial charge in [-0.25, -0.2) is 13.6 Å². The summed E-state index contributed by atoms with van der Waals surface area (Å²) in [6.45, 7) is 7.83. The van der Waals surface area contributed by atoms with Crippen LogP contribution in [0.5, 0.6) is 0 Å². The van der Waals surface area contributed by atoms with Crippen LogP contribution < -0.4 is 15.4 Å². The molecular weight excluding hydrogens is 388 g/mol. The standard InChI is InChI=1S/C21H34N4O3S/c1-3-25(4-2)20-10-9-18(29(22,27)28)13-19(20)23-21(26)15-24-12-11-16-7-5-6-8-17(16)14-24/h9-10,13,16-17H,3-8,11-12,14-15H2,1-2H3,(H,23,26)(H2,22,27,28)/t16-,17+/m0/s1. The van der Waals surface area contributed by atoms with Crippen molar-refractivity contribution in [2.45, 2.75) is 50.8 Å². The maximum atomic E-state index is 12.8. The Morgan fingerprint density at radius 3 is 2.52 bits per heavy atom. The molecule has 0 aromatic heterocycles. The van der Waals surface area contributed by atoms with Crippen LogP contribution in [0.4, 0.5) is 11.4 Å². The molecule has 3 N–H and O–H groups in total. The monoisotopic (exact) mass is 422 g/mol. The second kappa shape index (κ2) is 9.45. The van der Waals surface area contributed by atoms with Crippen LogP contribution in [0.15, 0.2) is 23.1 Å². The topological polar surface area (TPSA) is 95.7 Å². The zero-order valence-electron chi connectivity index (χ0n) is 17.6. The summed E-state index contributed by atoms with van der Waals surface area (Å²) in [4.78, 5) is 17.1. The van der Waals surface area contributed by atoms with Crippen LogP contribution >= 0.6 is 0 Å². The van der Waals surface area contributed by atoms with Crippen molar-refractivity contribution in [3.8, 4) is 0 Å². The van der Waals surface area contributed by atoms with Crippen molar-refractivity contribution in [3.63, 3.8) is 0 Å². The molecule has 0 spiro atoms. The first-order valence-corrected chi connectivity index (χ1v) is 12.3. The molecule has 3 rings (SSSR count). The van der Waals surface area contributed by atoms with Gasteiger partial charge in [0.15, 0.2) is 0 Å². The SMILES string of the molecule is CCN(CC)c1ccc(S(N)(=O)=O)cc1NC(=O)CN1CC[C@@H]2CCCC[C@@H]2C1. The number of nitrogens with one attached hydrogen (secondary N) is 1. The Kier molecular flexibility index (Phi) is 7.19. The number of nitrogens with zero attached hydrogens (tertiary/aromatic N) is 2. The average Bonchev–Trinajstić information content (AvgIpc) is 2.69. The number of carbonyl (C=O) groups is 1. The quantitative estimate of drug-likeness (QED) is 0.704. The lowest BCUT2D eigenvalue weighted by molar-refractivity contribution is -0.118. The highest BCUT2D eigenvalue weighted by Gasteiger charge is 2.31. The molecule has 29 heavy (non-hydrogen) atoms. The Morgan fingerprint density at radius 2 is 1.86 bits per heavy atom. The van der Waals surface area contributed by atoms with Gasteiger partial charge in [0, 0.05) is 19.6 Å². The number of piperidine rings is 1. The number of sulfonamides is 1. The zero-order chi connectivity index (χ0) is 21.0. The van der Waals surface area contributed by atoms with E-state index in [1.165, 1.54) is 44.2 Å². The number of anilines is 2. The van der Waals surface area contributed by atoms with Gasteiger partial charge in [-0.2, -0.15) is 0 Å². The van der Waals surface area contributed by atoms with E-state index >= 15 is 0 Å². The van der Waals surface area contributed by atoms with Gasteiger partial charge < -0.3 is 10.2 Å². The van der Waals surface area contributed by atoms with Crippen molar-refractivity contribution >= 4 is 27.3 Å². The number of primary sulfonamides is 1. The largest absolute Gasteiger partial charge is 0.370 e. The van der Waals surface area contributed by atoms with Crippen LogP contribution in [0.1, 0.15) is 46.0 Å². The predicted molar refractivity (Wildman–Crippen MR) is 117 cm³/mol. The fraction of sp³-hybridized carbons (Fsp3) is 0.667. The smallest absolute Gasteiger partial charge is 0.238 e. The fourth-order valence-electron chi connectivity index (χ4n) is 4.84. The molecule has 0 bridgehead atoms. The van der Waals surface area contributed by atoms with Crippen LogP contribution in [0.2, 0.25) is 0 Å². The Labute approximate surface area is 174 Å². The zero-order valence-corrected chi connectivity index (χ0v) is 18.4. The van der Waals surface area contributed by atoms with Crippen molar-refractivity contribution in [2.75, 3.05) is 42.9 Å². The Hall–Kier alpha value is -1.64. The van der Waals surface area contributed by atoms with E-state index in [2.05, 4.69) is 15.1 Å². The Bertz CT molecular complexity index is 823. The van der Waals surface area contributed by atoms with E-state index < -0.39 is 10.0 Å². The summed E-state index contributed by atoms with van der Waals surface area (Å²) < 4.78 is 23.6. The van der Waals surface area contributed by atoms with Gasteiger partial charge in [0.05, 0.1) is 22.8 Å². The molecule has 0 radical (unpaired) electrons. The molecule has 0 unspecified atom stereocenters. The first kappa shape index (κ1) is 22.1. The van der Waals surface area contributed by atoms with Crippen LogP contribution in [-0.4, -0.2) is 51.9 Å². The molecule has 1 aliphatic heterocycles. The third-order valence-corrected chi connectivity index (χ3v) is 7.33. The van der Waals surface area contributed by atoms with Gasteiger partial charge >= 0.3 is 0 Å². The average molecular weight is 423 g/mol. The molecule has 2 atom stereocenters. The number of amides is 1. The molecule has 2 fully saturated rings. The molecule has 7 nitrogen and oxygen atoms in total. The number of hydrogen-bond acceptors (Lipinski definition) is 5. The van der Waals surface area contributed by atoms with Crippen LogP contribution in [0.25, 0.3) is 0 Å². The maximum Gasteiger partial charge on any atom is 0.238 e. The molecular formula is C21H34N4O3S. The van der Waals surface area contributed by atoms with Crippen LogP contribution in [0.3, 0.4) is 0 Å². The Morgan fingerprint density at radius 1 is 1.17 bits per heavy atom. The number of hydrogen-bond donors (Lipinski definition) is 2. The molecule has 1 aromatic rings. The third-order valence-electron chi connectivity index (χ3n) is 6.42. The number of rotatable bonds is 7. The maximum absolute atomic E-state index is 12.8. The normalized spacial score (nSPS) is 22.7. The molecule has 1 amide bonds. The van der Waals surface area contributed by atoms with E-state index in [1.807, 2.05) is 13.8 Å². The molecule has 8 heteroatoms. The fourth-order valence-corrected chi connectivity index (χ4v) is 5.38. The lowest BCUT2D eigenvalue weighted by Crippen LogP contribution is -2.44. The van der Waals surface area contributed by atoms with E-state index in [9.17, 15) is 13.2 Å².